The van der Waals surface area contributed by atoms with Gasteiger partial charge in [0, 0.05) is 0 Å². The highest BCUT2D eigenvalue weighted by molar-refractivity contribution is 8.40. The third-order valence-electron chi connectivity index (χ3n) is 0.677. The number of nitrogens with zero attached hydrogens (tertiary/aromatic N) is 3. The molecule has 9 heavy (non-hydrogen) atoms. The molecule has 0 aliphatic rings. The van der Waals surface area contributed by atoms with Crippen molar-refractivity contribution in [3.8, 4) is 0 Å². The highest BCUT2D eigenvalue weighted by Gasteiger charge is 1.88. The summed E-state index contributed by atoms with van der Waals surface area (Å²) in [5.41, 5.74) is 0.901. The molecule has 48 valence electrons. The van der Waals surface area contributed by atoms with E-state index in [9.17, 15) is 0 Å². The molecule has 0 saturated heterocycles. The Hall–Kier alpha value is 0.300. The van der Waals surface area contributed by atoms with Crippen molar-refractivity contribution in [3.05, 3.63) is 12.7 Å². The van der Waals surface area contributed by atoms with Gasteiger partial charge in [0.25, 0.3) is 0 Å². The summed E-state index contributed by atoms with van der Waals surface area (Å²) in [4.78, 5) is 11.6. The predicted octanol–water partition coefficient (Wildman–Crippen LogP) is 0.559. The van der Waals surface area contributed by atoms with Gasteiger partial charge in [0.1, 0.15) is 12.7 Å². The minimum Gasteiger partial charge on any atom is -0.225 e. The highest BCUT2D eigenvalue weighted by Crippen LogP contribution is 2.40. The second-order valence-electron chi connectivity index (χ2n) is 1.23. The molecule has 1 rings (SSSR count). The molecule has 6 heteroatoms. The molecule has 0 fully saturated rings. The van der Waals surface area contributed by atoms with Crippen molar-refractivity contribution in [2.75, 3.05) is 0 Å². The Morgan fingerprint density at radius 1 is 1.33 bits per heavy atom. The summed E-state index contributed by atoms with van der Waals surface area (Å²) in [5.74, 6) is 0. The summed E-state index contributed by atoms with van der Waals surface area (Å²) in [5, 5.41) is 0. The zero-order valence-electron chi connectivity index (χ0n) is 4.57. The second-order valence-corrected chi connectivity index (χ2v) is 6.43. The molecule has 1 heterocycles. The smallest absolute Gasteiger partial charge is 0.155 e. The first kappa shape index (κ1) is 7.41. The SMILES string of the molecule is PPPc1ncncn1. The maximum absolute atomic E-state index is 3.95. The number of rotatable bonds is 2. The van der Waals surface area contributed by atoms with E-state index in [1.807, 2.05) is 0 Å². The number of hydrogen-bond acceptors (Lipinski definition) is 3. The van der Waals surface area contributed by atoms with E-state index in [-0.39, 0.29) is 0 Å². The topological polar surface area (TPSA) is 38.7 Å². The Morgan fingerprint density at radius 3 is 2.56 bits per heavy atom. The molecular weight excluding hydrogens is 171 g/mol. The fourth-order valence-electron chi connectivity index (χ4n) is 0.368. The maximum atomic E-state index is 3.95. The van der Waals surface area contributed by atoms with Crippen molar-refractivity contribution in [3.63, 3.8) is 0 Å². The Morgan fingerprint density at radius 2 is 2.00 bits per heavy atom. The van der Waals surface area contributed by atoms with Crippen LogP contribution in [0.3, 0.4) is 0 Å². The fraction of sp³-hybridized carbons (Fsp3) is 0. The lowest BCUT2D eigenvalue weighted by Crippen LogP contribution is -2.03. The van der Waals surface area contributed by atoms with Gasteiger partial charge < -0.3 is 0 Å². The van der Waals surface area contributed by atoms with Crippen molar-refractivity contribution >= 4 is 30.7 Å². The molecule has 3 nitrogen and oxygen atoms in total. The molecule has 0 amide bonds. The van der Waals surface area contributed by atoms with Crippen molar-refractivity contribution in [1.82, 2.24) is 15.0 Å². The molecule has 1 aromatic heterocycles. The van der Waals surface area contributed by atoms with Gasteiger partial charge in [-0.2, -0.15) is 0 Å². The summed E-state index contributed by atoms with van der Waals surface area (Å²) in [6.45, 7) is 0. The van der Waals surface area contributed by atoms with E-state index in [1.54, 1.807) is 0 Å². The van der Waals surface area contributed by atoms with Crippen molar-refractivity contribution < 1.29 is 0 Å². The van der Waals surface area contributed by atoms with Gasteiger partial charge in [-0.25, -0.2) is 15.0 Å². The first-order chi connectivity index (χ1) is 4.43. The summed E-state index contributed by atoms with van der Waals surface area (Å²) >= 11 is 0. The van der Waals surface area contributed by atoms with Gasteiger partial charge in [-0.05, 0) is 8.27 Å². The van der Waals surface area contributed by atoms with Crippen LogP contribution in [0.2, 0.25) is 0 Å². The van der Waals surface area contributed by atoms with E-state index in [0.717, 1.165) is 13.5 Å². The Bertz CT molecular complexity index is 167. The van der Waals surface area contributed by atoms with Crippen molar-refractivity contribution in [2.24, 2.45) is 0 Å². The van der Waals surface area contributed by atoms with E-state index < -0.39 is 0 Å². The first-order valence-electron chi connectivity index (χ1n) is 2.27. The predicted molar refractivity (Wildman–Crippen MR) is 45.8 cm³/mol. The molecule has 1 aromatic rings. The van der Waals surface area contributed by atoms with Gasteiger partial charge in [0.05, 0.1) is 0 Å². The number of aromatic nitrogens is 3. The first-order valence-corrected chi connectivity index (χ1v) is 7.08. The normalized spacial score (nSPS) is 12.1. The third kappa shape index (κ3) is 2.58. The molecule has 3 unspecified atom stereocenters. The van der Waals surface area contributed by atoms with Gasteiger partial charge in [0.15, 0.2) is 5.57 Å². The van der Waals surface area contributed by atoms with Crippen LogP contribution in [0.15, 0.2) is 12.7 Å². The van der Waals surface area contributed by atoms with E-state index in [0.29, 0.717) is 8.27 Å². The van der Waals surface area contributed by atoms with Gasteiger partial charge >= 0.3 is 0 Å². The van der Waals surface area contributed by atoms with Crippen LogP contribution in [-0.2, 0) is 0 Å². The second kappa shape index (κ2) is 4.17. The molecule has 0 bridgehead atoms. The van der Waals surface area contributed by atoms with E-state index in [4.69, 9.17) is 0 Å². The molecule has 0 spiro atoms. The zero-order valence-corrected chi connectivity index (χ0v) is 7.73. The summed E-state index contributed by atoms with van der Waals surface area (Å²) in [6, 6.07) is 0. The number of hydrogen-bond donors (Lipinski definition) is 0. The van der Waals surface area contributed by atoms with Crippen LogP contribution in [0, 0.1) is 0 Å². The summed E-state index contributed by atoms with van der Waals surface area (Å²) in [7, 11) is 4.21. The van der Waals surface area contributed by atoms with Crippen LogP contribution < -0.4 is 5.57 Å². The Kier molecular flexibility index (Phi) is 3.43. The van der Waals surface area contributed by atoms with E-state index in [2.05, 4.69) is 23.9 Å². The largest absolute Gasteiger partial charge is 0.225 e. The molecule has 0 radical (unpaired) electrons. The minimum absolute atomic E-state index is 0.716. The van der Waals surface area contributed by atoms with Gasteiger partial charge in [0.2, 0.25) is 0 Å². The van der Waals surface area contributed by atoms with Crippen LogP contribution in [0.25, 0.3) is 0 Å². The van der Waals surface area contributed by atoms with Crippen LogP contribution in [-0.4, -0.2) is 15.0 Å². The highest BCUT2D eigenvalue weighted by atomic mass is 32.4. The summed E-state index contributed by atoms with van der Waals surface area (Å²) in [6.07, 6.45) is 3.06. The minimum atomic E-state index is 0.716. The lowest BCUT2D eigenvalue weighted by atomic mass is 11.1. The molecule has 0 aliphatic heterocycles. The third-order valence-corrected chi connectivity index (χ3v) is 3.71. The van der Waals surface area contributed by atoms with E-state index in [1.165, 1.54) is 12.7 Å². The Balaban J connectivity index is 2.61. The van der Waals surface area contributed by atoms with Crippen LogP contribution >= 0.6 is 25.2 Å². The van der Waals surface area contributed by atoms with Gasteiger partial charge in [-0.15, -0.1) is 8.93 Å². The van der Waals surface area contributed by atoms with E-state index >= 15 is 0 Å². The van der Waals surface area contributed by atoms with Crippen molar-refractivity contribution in [1.29, 1.82) is 0 Å². The average molecular weight is 177 g/mol. The molecule has 3 atom stereocenters. The van der Waals surface area contributed by atoms with Crippen molar-refractivity contribution in [2.45, 2.75) is 0 Å². The molecular formula is C3H6N3P3. The zero-order chi connectivity index (χ0) is 6.53. The maximum Gasteiger partial charge on any atom is 0.155 e. The lowest BCUT2D eigenvalue weighted by Gasteiger charge is -1.91. The van der Waals surface area contributed by atoms with Gasteiger partial charge in [-0.1, -0.05) is 7.96 Å². The Labute approximate surface area is 59.0 Å². The fourth-order valence-corrected chi connectivity index (χ4v) is 2.68. The standard InChI is InChI=1S/C3H6N3P3/c7-9-8-3-5-1-4-2-6-3/h1-2,8-9H,7H2. The molecule has 0 saturated carbocycles. The lowest BCUT2D eigenvalue weighted by molar-refractivity contribution is 1.09. The van der Waals surface area contributed by atoms with Crippen LogP contribution in [0.1, 0.15) is 0 Å². The van der Waals surface area contributed by atoms with Gasteiger partial charge in [-0.3, -0.25) is 0 Å². The monoisotopic (exact) mass is 177 g/mol. The van der Waals surface area contributed by atoms with Crippen LogP contribution in [0.5, 0.6) is 0 Å². The average Bonchev–Trinajstić information content (AvgIpc) is 1.91. The quantitative estimate of drug-likeness (QED) is 0.619. The molecule has 0 aromatic carbocycles. The molecule has 0 N–H and O–H groups in total. The summed E-state index contributed by atoms with van der Waals surface area (Å²) < 4.78 is 0. The van der Waals surface area contributed by atoms with Crippen LogP contribution in [0.4, 0.5) is 0 Å². The molecule has 0 aliphatic carbocycles.